The Morgan fingerprint density at radius 2 is 0.507 bits per heavy atom. The van der Waals surface area contributed by atoms with Gasteiger partial charge in [-0.05, 0) is 377 Å². The van der Waals surface area contributed by atoms with E-state index in [0.717, 1.165) is 283 Å². The maximum absolute atomic E-state index is 12.9. The van der Waals surface area contributed by atoms with Crippen molar-refractivity contribution in [2.24, 2.45) is 29.6 Å². The number of aromatic nitrogens is 12. The fourth-order valence-corrected chi connectivity index (χ4v) is 27.3. The molecule has 5 saturated carbocycles. The molecule has 22 rings (SSSR count). The molecule has 0 aliphatic heterocycles. The van der Waals surface area contributed by atoms with Gasteiger partial charge in [-0.25, -0.2) is 49.8 Å². The number of rotatable bonds is 34. The quantitative estimate of drug-likeness (QED) is 0.0362. The molecule has 0 radical (unpaired) electrons. The van der Waals surface area contributed by atoms with E-state index in [9.17, 15) is 19.2 Å². The Morgan fingerprint density at radius 3 is 0.723 bits per heavy atom. The predicted octanol–water partition coefficient (Wildman–Crippen LogP) is 21.8. The van der Waals surface area contributed by atoms with Gasteiger partial charge in [0.25, 0.3) is 0 Å². The standard InChI is InChI=1S/2C27H34N4O2.2C23H33N3O2.C22H33N3O/c2*1-17-4-7-20(28-15-17)14-22(32)12-18-5-6-19-13-24-26(25(18)19)27(30-16-29-24)33-23-10-8-21(9-11-23)31(2)3;2*1-4-5-18(27)12-15-6-7-16-13-20-22(21(15)16)23(25-14-24-20)28-19-10-8-17(9-11-19)26(2)3;1-4-5-6-15-7-8-16-13-19-21(20(15)16)22(24-14-23-19)26-18-11-9-17(10-12-18)25(2)3/h2*4,7,15-16,18,21,23H,5-6,8-14H2,1-3H3;2*14-15,17,19H,4-13H2,1-3H3;14-15,17-18H,4-13H2,1-3H3/t2*18-,21?,23?;2*15-,17?,19?;/m1010./s1. The molecule has 5 atom stereocenters. The van der Waals surface area contributed by atoms with Crippen molar-refractivity contribution in [2.75, 3.05) is 70.5 Å². The molecule has 7 aromatic heterocycles. The first-order chi connectivity index (χ1) is 71.7. The number of unbranched alkanes of at least 4 members (excludes halogenated alkanes) is 1. The number of carbonyl (C=O) groups excluding carboxylic acids is 4. The molecule has 15 aliphatic carbocycles. The summed E-state index contributed by atoms with van der Waals surface area (Å²) in [5, 5.41) is 0. The normalized spacial score (nSPS) is 25.7. The topological polar surface area (TPSA) is 285 Å². The monoisotopic (exact) mass is 2010 g/mol. The minimum absolute atomic E-state index is 0.207. The van der Waals surface area contributed by atoms with Crippen LogP contribution in [-0.4, -0.2) is 239 Å². The molecule has 15 aliphatic rings. The summed E-state index contributed by atoms with van der Waals surface area (Å²) in [6, 6.07) is 11.3. The molecule has 148 heavy (non-hydrogen) atoms. The van der Waals surface area contributed by atoms with Gasteiger partial charge in [0.05, 0.1) is 56.3 Å². The highest BCUT2D eigenvalue weighted by atomic mass is 16.5. The second-order valence-corrected chi connectivity index (χ2v) is 46.8. The molecular weight excluding hydrogens is 1850 g/mol. The van der Waals surface area contributed by atoms with Crippen LogP contribution in [0.5, 0.6) is 29.4 Å². The molecular formula is C122H167N17O9. The van der Waals surface area contributed by atoms with Crippen molar-refractivity contribution in [1.29, 1.82) is 0 Å². The van der Waals surface area contributed by atoms with Gasteiger partial charge >= 0.3 is 0 Å². The van der Waals surface area contributed by atoms with E-state index in [1.807, 2.05) is 50.5 Å². The predicted molar refractivity (Wildman–Crippen MR) is 582 cm³/mol. The number of nitrogens with zero attached hydrogens (tertiary/aromatic N) is 17. The van der Waals surface area contributed by atoms with Crippen LogP contribution in [0.4, 0.5) is 0 Å². The molecule has 5 fully saturated rings. The zero-order valence-corrected chi connectivity index (χ0v) is 91.7. The van der Waals surface area contributed by atoms with Gasteiger partial charge in [0, 0.05) is 137 Å². The maximum atomic E-state index is 12.9. The van der Waals surface area contributed by atoms with Crippen LogP contribution in [0, 0.1) is 43.4 Å². The summed E-state index contributed by atoms with van der Waals surface area (Å²) in [6.07, 6.45) is 61.7. The summed E-state index contributed by atoms with van der Waals surface area (Å²) in [7, 11) is 21.7. The summed E-state index contributed by atoms with van der Waals surface area (Å²) in [4.78, 5) is 117. The third kappa shape index (κ3) is 25.9. The van der Waals surface area contributed by atoms with E-state index in [1.54, 1.807) is 42.8 Å². The number of hydrogen-bond acceptors (Lipinski definition) is 26. The van der Waals surface area contributed by atoms with E-state index >= 15 is 0 Å². The fraction of sp³-hybridized carbons (Fsp3) is 0.639. The molecule has 1 unspecified atom stereocenters. The summed E-state index contributed by atoms with van der Waals surface area (Å²) in [5.41, 5.74) is 29.4. The van der Waals surface area contributed by atoms with Crippen molar-refractivity contribution in [3.05, 3.63) is 175 Å². The molecule has 794 valence electrons. The smallest absolute Gasteiger partial charge is 0.224 e. The number of ketones is 4. The first kappa shape index (κ1) is 108. The van der Waals surface area contributed by atoms with Crippen LogP contribution < -0.4 is 23.7 Å². The Kier molecular flexibility index (Phi) is 36.4. The number of allylic oxidation sites excluding steroid dienone is 10. The molecule has 0 spiro atoms. The van der Waals surface area contributed by atoms with Crippen LogP contribution in [0.25, 0.3) is 27.9 Å². The Bertz CT molecular complexity index is 5660. The third-order valence-electron chi connectivity index (χ3n) is 35.4. The number of ether oxygens (including phenoxy) is 5. The zero-order valence-electron chi connectivity index (χ0n) is 91.7. The van der Waals surface area contributed by atoms with Crippen LogP contribution in [-0.2, 0) is 64.1 Å². The summed E-state index contributed by atoms with van der Waals surface area (Å²) < 4.78 is 32.4. The first-order valence-corrected chi connectivity index (χ1v) is 57.1. The van der Waals surface area contributed by atoms with E-state index in [2.05, 4.69) is 176 Å². The molecule has 7 heterocycles. The number of hydrogen-bond donors (Lipinski definition) is 0. The van der Waals surface area contributed by atoms with Crippen molar-refractivity contribution in [2.45, 2.75) is 404 Å². The van der Waals surface area contributed by atoms with Gasteiger partial charge in [-0.3, -0.25) is 29.1 Å². The summed E-state index contributed by atoms with van der Waals surface area (Å²) >= 11 is 0. The molecule has 0 N–H and O–H groups in total. The van der Waals surface area contributed by atoms with Crippen LogP contribution in [0.3, 0.4) is 0 Å². The van der Waals surface area contributed by atoms with Gasteiger partial charge in [-0.15, -0.1) is 0 Å². The molecule has 0 aromatic carbocycles. The average Bonchev–Trinajstić information content (AvgIpc) is 1.62. The molecule has 26 heteroatoms. The molecule has 7 aromatic rings. The fourth-order valence-electron chi connectivity index (χ4n) is 27.3. The van der Waals surface area contributed by atoms with E-state index < -0.39 is 0 Å². The molecule has 0 bridgehead atoms. The van der Waals surface area contributed by atoms with Crippen LogP contribution in [0.2, 0.25) is 0 Å². The van der Waals surface area contributed by atoms with E-state index in [4.69, 9.17) is 23.7 Å². The van der Waals surface area contributed by atoms with Gasteiger partial charge in [-0.2, -0.15) is 0 Å². The van der Waals surface area contributed by atoms with Gasteiger partial charge in [0.1, 0.15) is 85.3 Å². The highest BCUT2D eigenvalue weighted by molar-refractivity contribution is 5.91. The summed E-state index contributed by atoms with van der Waals surface area (Å²) in [6.45, 7) is 10.5. The van der Waals surface area contributed by atoms with Gasteiger partial charge < -0.3 is 48.2 Å². The molecule has 26 nitrogen and oxygen atoms in total. The number of carbonyl (C=O) groups is 4. The zero-order chi connectivity index (χ0) is 103. The lowest BCUT2D eigenvalue weighted by Gasteiger charge is -2.32. The Labute approximate surface area is 880 Å². The Morgan fingerprint density at radius 1 is 0.277 bits per heavy atom. The van der Waals surface area contributed by atoms with Crippen molar-refractivity contribution >= 4 is 51.0 Å². The lowest BCUT2D eigenvalue weighted by atomic mass is 9.90. The molecule has 0 amide bonds. The van der Waals surface area contributed by atoms with E-state index in [-0.39, 0.29) is 47.8 Å². The van der Waals surface area contributed by atoms with E-state index in [0.29, 0.717) is 117 Å². The van der Waals surface area contributed by atoms with Gasteiger partial charge in [-0.1, -0.05) is 73.6 Å². The van der Waals surface area contributed by atoms with Crippen molar-refractivity contribution < 1.29 is 42.9 Å². The maximum Gasteiger partial charge on any atom is 0.224 e. The summed E-state index contributed by atoms with van der Waals surface area (Å²) in [5.74, 6) is 6.95. The Balaban J connectivity index is 0.000000121. The average molecular weight is 2020 g/mol. The third-order valence-corrected chi connectivity index (χ3v) is 35.4. The number of Topliss-reactive ketones (excluding diaryl/α,β-unsaturated/α-hetero) is 4. The lowest BCUT2D eigenvalue weighted by molar-refractivity contribution is -0.120. The van der Waals surface area contributed by atoms with Crippen LogP contribution >= 0.6 is 0 Å². The van der Waals surface area contributed by atoms with Crippen molar-refractivity contribution in [3.63, 3.8) is 0 Å². The number of aryl methyl sites for hydroxylation is 2. The largest absolute Gasteiger partial charge is 0.474 e. The van der Waals surface area contributed by atoms with Crippen molar-refractivity contribution in [1.82, 2.24) is 84.3 Å². The SMILES string of the molecule is CCCC(=O)C[C@@H]1CCC2=C1c1c(ncnc1OC1CCC(N(C)C)CC1)C2.CCCC(=O)C[C@H]1CCC2=C1c1c(ncnc1OC1CCC(N(C)C)CC1)C2.CCCCC1CCC2=C1c1c(ncnc1OC1CCC(N(C)C)CC1)C2.Cc1ccc(CC(=O)C[C@@H]2CCC3=C2c2c(ncnc2OC2CCC(N(C)C)CC2)C3)nc1.Cc1ccc(CC(=O)C[C@H]2CCC3=C2c2c(ncnc2OC2CCC(N(C)C)CC2)C3)nc1. The molecule has 0 saturated heterocycles. The second kappa shape index (κ2) is 50.0. The number of fused-ring (bicyclic) bond motifs is 10. The minimum atomic E-state index is 0.207. The van der Waals surface area contributed by atoms with Crippen LogP contribution in [0.1, 0.15) is 363 Å². The lowest BCUT2D eigenvalue weighted by Crippen LogP contribution is -2.35. The highest BCUT2D eigenvalue weighted by Crippen LogP contribution is 2.57. The van der Waals surface area contributed by atoms with Gasteiger partial charge in [0.15, 0.2) is 0 Å². The highest BCUT2D eigenvalue weighted by Gasteiger charge is 2.45. The van der Waals surface area contributed by atoms with Crippen LogP contribution in [0.15, 0.2) is 96.2 Å². The van der Waals surface area contributed by atoms with Crippen molar-refractivity contribution in [3.8, 4) is 29.4 Å². The van der Waals surface area contributed by atoms with E-state index in [1.165, 1.54) is 126 Å². The number of pyridine rings is 2. The Hall–Kier alpha value is -10.1. The minimum Gasteiger partial charge on any atom is -0.474 e. The first-order valence-electron chi connectivity index (χ1n) is 57.1. The second-order valence-electron chi connectivity index (χ2n) is 46.8. The van der Waals surface area contributed by atoms with Gasteiger partial charge in [0.2, 0.25) is 29.4 Å².